The van der Waals surface area contributed by atoms with E-state index in [4.69, 9.17) is 11.6 Å². The highest BCUT2D eigenvalue weighted by molar-refractivity contribution is 6.33. The topological polar surface area (TPSA) is 32.3 Å². The first-order valence-corrected chi connectivity index (χ1v) is 7.44. The predicted octanol–water partition coefficient (Wildman–Crippen LogP) is 4.44. The maximum absolute atomic E-state index is 12.2. The largest absolute Gasteiger partial charge is 0.372 e. The van der Waals surface area contributed by atoms with E-state index in [-0.39, 0.29) is 5.91 Å². The maximum Gasteiger partial charge on any atom is 0.255 e. The second kappa shape index (κ2) is 7.14. The Bertz CT molecular complexity index is 606. The molecule has 0 atom stereocenters. The van der Waals surface area contributed by atoms with Gasteiger partial charge in [0.15, 0.2) is 0 Å². The number of carbonyl (C=O) groups is 1. The second-order valence-electron chi connectivity index (χ2n) is 4.65. The van der Waals surface area contributed by atoms with Crippen molar-refractivity contribution in [2.24, 2.45) is 0 Å². The summed E-state index contributed by atoms with van der Waals surface area (Å²) in [7, 11) is 0. The number of benzene rings is 2. The first-order chi connectivity index (χ1) is 10.2. The number of hydrogen-bond donors (Lipinski definition) is 1. The Morgan fingerprint density at radius 2 is 1.67 bits per heavy atom. The molecule has 1 amide bonds. The van der Waals surface area contributed by atoms with Gasteiger partial charge in [0, 0.05) is 24.3 Å². The highest BCUT2D eigenvalue weighted by atomic mass is 35.5. The van der Waals surface area contributed by atoms with Gasteiger partial charge in [-0.2, -0.15) is 0 Å². The molecule has 3 nitrogen and oxygen atoms in total. The molecule has 0 aliphatic carbocycles. The summed E-state index contributed by atoms with van der Waals surface area (Å²) in [6, 6.07) is 14.8. The lowest BCUT2D eigenvalue weighted by Gasteiger charge is -2.21. The smallest absolute Gasteiger partial charge is 0.255 e. The number of nitrogens with zero attached hydrogens (tertiary/aromatic N) is 1. The molecule has 0 saturated heterocycles. The van der Waals surface area contributed by atoms with E-state index >= 15 is 0 Å². The van der Waals surface area contributed by atoms with Crippen LogP contribution in [-0.4, -0.2) is 19.0 Å². The molecule has 0 fully saturated rings. The maximum atomic E-state index is 12.2. The molecule has 0 heterocycles. The molecule has 21 heavy (non-hydrogen) atoms. The summed E-state index contributed by atoms with van der Waals surface area (Å²) in [5.41, 5.74) is 2.36. The van der Waals surface area contributed by atoms with E-state index in [2.05, 4.69) is 24.1 Å². The molecular weight excluding hydrogens is 284 g/mol. The van der Waals surface area contributed by atoms with E-state index in [0.29, 0.717) is 16.3 Å². The zero-order valence-electron chi connectivity index (χ0n) is 12.3. The average Bonchev–Trinajstić information content (AvgIpc) is 2.51. The van der Waals surface area contributed by atoms with Gasteiger partial charge in [-0.15, -0.1) is 0 Å². The number of halogens is 1. The number of para-hydroxylation sites is 1. The number of nitrogens with one attached hydrogen (secondary N) is 1. The van der Waals surface area contributed by atoms with Crippen molar-refractivity contribution in [2.75, 3.05) is 23.3 Å². The number of hydrogen-bond acceptors (Lipinski definition) is 2. The molecule has 0 bridgehead atoms. The Hall–Kier alpha value is -2.00. The zero-order chi connectivity index (χ0) is 15.2. The Kier molecular flexibility index (Phi) is 5.23. The molecule has 0 aliphatic rings. The van der Waals surface area contributed by atoms with Gasteiger partial charge in [0.1, 0.15) is 0 Å². The van der Waals surface area contributed by atoms with Crippen molar-refractivity contribution in [3.63, 3.8) is 0 Å². The summed E-state index contributed by atoms with van der Waals surface area (Å²) in [6.07, 6.45) is 0. The van der Waals surface area contributed by atoms with Gasteiger partial charge in [-0.1, -0.05) is 23.7 Å². The van der Waals surface area contributed by atoms with Crippen molar-refractivity contribution < 1.29 is 4.79 Å². The van der Waals surface area contributed by atoms with E-state index in [1.807, 2.05) is 36.4 Å². The van der Waals surface area contributed by atoms with Crippen LogP contribution in [0.2, 0.25) is 5.02 Å². The zero-order valence-corrected chi connectivity index (χ0v) is 13.0. The monoisotopic (exact) mass is 302 g/mol. The molecule has 0 saturated carbocycles. The molecule has 2 aromatic rings. The molecule has 4 heteroatoms. The molecule has 0 aliphatic heterocycles. The van der Waals surface area contributed by atoms with E-state index in [1.54, 1.807) is 12.1 Å². The highest BCUT2D eigenvalue weighted by Crippen LogP contribution is 2.22. The van der Waals surface area contributed by atoms with Crippen LogP contribution < -0.4 is 10.2 Å². The Morgan fingerprint density at radius 1 is 1.05 bits per heavy atom. The SMILES string of the molecule is CCN(CC)c1ccc(C(=O)Nc2ccccc2Cl)cc1. The molecule has 0 aromatic heterocycles. The van der Waals surface area contributed by atoms with Gasteiger partial charge in [0.25, 0.3) is 5.91 Å². The number of carbonyl (C=O) groups excluding carboxylic acids is 1. The van der Waals surface area contributed by atoms with E-state index < -0.39 is 0 Å². The molecule has 110 valence electrons. The van der Waals surface area contributed by atoms with Crippen LogP contribution in [0.3, 0.4) is 0 Å². The number of amides is 1. The molecular formula is C17H19ClN2O. The van der Waals surface area contributed by atoms with Gasteiger partial charge in [-0.05, 0) is 50.2 Å². The summed E-state index contributed by atoms with van der Waals surface area (Å²) in [6.45, 7) is 6.12. The number of anilines is 2. The molecule has 2 aromatic carbocycles. The molecule has 1 N–H and O–H groups in total. The Labute approximate surface area is 130 Å². The van der Waals surface area contributed by atoms with Crippen LogP contribution in [0.25, 0.3) is 0 Å². The van der Waals surface area contributed by atoms with Crippen LogP contribution >= 0.6 is 11.6 Å². The summed E-state index contributed by atoms with van der Waals surface area (Å²) < 4.78 is 0. The van der Waals surface area contributed by atoms with Crippen molar-refractivity contribution in [2.45, 2.75) is 13.8 Å². The van der Waals surface area contributed by atoms with Gasteiger partial charge in [-0.25, -0.2) is 0 Å². The fraction of sp³-hybridized carbons (Fsp3) is 0.235. The highest BCUT2D eigenvalue weighted by Gasteiger charge is 2.09. The van der Waals surface area contributed by atoms with Crippen LogP contribution in [0.15, 0.2) is 48.5 Å². The lowest BCUT2D eigenvalue weighted by molar-refractivity contribution is 0.102. The Morgan fingerprint density at radius 3 is 2.24 bits per heavy atom. The lowest BCUT2D eigenvalue weighted by atomic mass is 10.1. The third kappa shape index (κ3) is 3.76. The minimum absolute atomic E-state index is 0.158. The van der Waals surface area contributed by atoms with Gasteiger partial charge >= 0.3 is 0 Å². The predicted molar refractivity (Wildman–Crippen MR) is 89.4 cm³/mol. The van der Waals surface area contributed by atoms with Crippen LogP contribution in [-0.2, 0) is 0 Å². The van der Waals surface area contributed by atoms with Crippen LogP contribution in [0.4, 0.5) is 11.4 Å². The summed E-state index contributed by atoms with van der Waals surface area (Å²) in [5.74, 6) is -0.158. The molecule has 0 unspecified atom stereocenters. The lowest BCUT2D eigenvalue weighted by Crippen LogP contribution is -2.21. The van der Waals surface area contributed by atoms with E-state index in [9.17, 15) is 4.79 Å². The van der Waals surface area contributed by atoms with E-state index in [1.165, 1.54) is 0 Å². The molecule has 0 radical (unpaired) electrons. The van der Waals surface area contributed by atoms with Gasteiger partial charge in [0.05, 0.1) is 10.7 Å². The third-order valence-electron chi connectivity index (χ3n) is 3.38. The van der Waals surface area contributed by atoms with Crippen molar-refractivity contribution in [3.05, 3.63) is 59.1 Å². The van der Waals surface area contributed by atoms with Gasteiger partial charge < -0.3 is 10.2 Å². The third-order valence-corrected chi connectivity index (χ3v) is 3.71. The van der Waals surface area contributed by atoms with Crippen molar-refractivity contribution in [1.29, 1.82) is 0 Å². The summed E-state index contributed by atoms with van der Waals surface area (Å²) >= 11 is 6.04. The minimum Gasteiger partial charge on any atom is -0.372 e. The normalized spacial score (nSPS) is 10.2. The quantitative estimate of drug-likeness (QED) is 0.885. The minimum atomic E-state index is -0.158. The second-order valence-corrected chi connectivity index (χ2v) is 5.06. The number of rotatable bonds is 5. The first-order valence-electron chi connectivity index (χ1n) is 7.06. The average molecular weight is 303 g/mol. The van der Waals surface area contributed by atoms with E-state index in [0.717, 1.165) is 18.8 Å². The summed E-state index contributed by atoms with van der Waals surface area (Å²) in [5, 5.41) is 3.35. The van der Waals surface area contributed by atoms with Crippen LogP contribution in [0, 0.1) is 0 Å². The molecule has 0 spiro atoms. The molecule has 2 rings (SSSR count). The van der Waals surface area contributed by atoms with Crippen molar-refractivity contribution >= 4 is 28.9 Å². The first kappa shape index (κ1) is 15.4. The van der Waals surface area contributed by atoms with Gasteiger partial charge in [0.2, 0.25) is 0 Å². The van der Waals surface area contributed by atoms with Crippen molar-refractivity contribution in [1.82, 2.24) is 0 Å². The summed E-state index contributed by atoms with van der Waals surface area (Å²) in [4.78, 5) is 14.4. The fourth-order valence-electron chi connectivity index (χ4n) is 2.17. The van der Waals surface area contributed by atoms with Gasteiger partial charge in [-0.3, -0.25) is 4.79 Å². The fourth-order valence-corrected chi connectivity index (χ4v) is 2.35. The standard InChI is InChI=1S/C17H19ClN2O/c1-3-20(4-2)14-11-9-13(10-12-14)17(21)19-16-8-6-5-7-15(16)18/h5-12H,3-4H2,1-2H3,(H,19,21). The van der Waals surface area contributed by atoms with Crippen LogP contribution in [0.5, 0.6) is 0 Å². The van der Waals surface area contributed by atoms with Crippen LogP contribution in [0.1, 0.15) is 24.2 Å². The Balaban J connectivity index is 2.12. The van der Waals surface area contributed by atoms with Crippen molar-refractivity contribution in [3.8, 4) is 0 Å².